The highest BCUT2D eigenvalue weighted by molar-refractivity contribution is 7.13. The minimum atomic E-state index is -0.0656. The highest BCUT2D eigenvalue weighted by Gasteiger charge is 2.22. The Bertz CT molecular complexity index is 959. The molecule has 4 aromatic rings. The molecule has 0 bridgehead atoms. The summed E-state index contributed by atoms with van der Waals surface area (Å²) in [5.41, 5.74) is 2.58. The smallest absolute Gasteiger partial charge is 0.257 e. The number of hydrogen-bond donors (Lipinski definition) is 1. The Morgan fingerprint density at radius 2 is 1.78 bits per heavy atom. The van der Waals surface area contributed by atoms with E-state index in [-0.39, 0.29) is 12.1 Å². The SMILES string of the molecule is CCc1ccc([C@@H](N[C@@H](C)c2nnc(-c3cccs3)o2)c2cccs2)cc1. The van der Waals surface area contributed by atoms with Crippen molar-refractivity contribution < 1.29 is 4.42 Å². The van der Waals surface area contributed by atoms with Gasteiger partial charge < -0.3 is 4.42 Å². The summed E-state index contributed by atoms with van der Waals surface area (Å²) in [6.07, 6.45) is 1.04. The minimum absolute atomic E-state index is 0.0656. The van der Waals surface area contributed by atoms with E-state index >= 15 is 0 Å². The lowest BCUT2D eigenvalue weighted by molar-refractivity contribution is 0.405. The van der Waals surface area contributed by atoms with Crippen LogP contribution < -0.4 is 5.32 Å². The van der Waals surface area contributed by atoms with Gasteiger partial charge in [0.1, 0.15) is 0 Å². The molecule has 1 N–H and O–H groups in total. The molecule has 0 fully saturated rings. The van der Waals surface area contributed by atoms with Gasteiger partial charge in [0.2, 0.25) is 5.89 Å². The third kappa shape index (κ3) is 4.03. The van der Waals surface area contributed by atoms with E-state index < -0.39 is 0 Å². The first-order valence-corrected chi connectivity index (χ1v) is 10.8. The third-order valence-electron chi connectivity index (χ3n) is 4.51. The lowest BCUT2D eigenvalue weighted by Gasteiger charge is -2.21. The van der Waals surface area contributed by atoms with Crippen molar-refractivity contribution in [2.75, 3.05) is 0 Å². The first-order valence-electron chi connectivity index (χ1n) is 9.00. The molecule has 3 heterocycles. The van der Waals surface area contributed by atoms with Crippen LogP contribution in [0.15, 0.2) is 63.7 Å². The Labute approximate surface area is 166 Å². The summed E-state index contributed by atoms with van der Waals surface area (Å²) >= 11 is 3.35. The van der Waals surface area contributed by atoms with Gasteiger partial charge in [0.15, 0.2) is 0 Å². The first kappa shape index (κ1) is 18.1. The fourth-order valence-electron chi connectivity index (χ4n) is 2.97. The van der Waals surface area contributed by atoms with Crippen LogP contribution in [0.5, 0.6) is 0 Å². The van der Waals surface area contributed by atoms with Crippen LogP contribution in [0.25, 0.3) is 10.8 Å². The topological polar surface area (TPSA) is 51.0 Å². The molecule has 0 unspecified atom stereocenters. The lowest BCUT2D eigenvalue weighted by Crippen LogP contribution is -2.25. The summed E-state index contributed by atoms with van der Waals surface area (Å²) in [4.78, 5) is 2.26. The van der Waals surface area contributed by atoms with Crippen LogP contribution >= 0.6 is 22.7 Å². The average molecular weight is 396 g/mol. The zero-order valence-electron chi connectivity index (χ0n) is 15.3. The summed E-state index contributed by atoms with van der Waals surface area (Å²) < 4.78 is 5.91. The summed E-state index contributed by atoms with van der Waals surface area (Å²) in [5.74, 6) is 1.18. The minimum Gasteiger partial charge on any atom is -0.418 e. The van der Waals surface area contributed by atoms with E-state index in [0.717, 1.165) is 11.3 Å². The molecule has 138 valence electrons. The van der Waals surface area contributed by atoms with Gasteiger partial charge in [0, 0.05) is 4.88 Å². The zero-order chi connectivity index (χ0) is 18.6. The van der Waals surface area contributed by atoms with Crippen LogP contribution in [0.3, 0.4) is 0 Å². The van der Waals surface area contributed by atoms with Gasteiger partial charge in [-0.05, 0) is 47.4 Å². The van der Waals surface area contributed by atoms with Crippen molar-refractivity contribution in [2.45, 2.75) is 32.4 Å². The Kier molecular flexibility index (Phi) is 5.48. The molecule has 3 aromatic heterocycles. The molecule has 6 heteroatoms. The van der Waals surface area contributed by atoms with Crippen molar-refractivity contribution in [2.24, 2.45) is 0 Å². The average Bonchev–Trinajstić information content (AvgIpc) is 3.47. The zero-order valence-corrected chi connectivity index (χ0v) is 16.9. The molecule has 0 saturated heterocycles. The molecule has 0 radical (unpaired) electrons. The normalized spacial score (nSPS) is 13.6. The second-order valence-electron chi connectivity index (χ2n) is 6.35. The number of aryl methyl sites for hydroxylation is 1. The summed E-state index contributed by atoms with van der Waals surface area (Å²) in [6.45, 7) is 4.24. The van der Waals surface area contributed by atoms with Crippen molar-refractivity contribution in [3.8, 4) is 10.8 Å². The van der Waals surface area contributed by atoms with Gasteiger partial charge >= 0.3 is 0 Å². The summed E-state index contributed by atoms with van der Waals surface area (Å²) in [7, 11) is 0. The van der Waals surface area contributed by atoms with E-state index in [1.54, 1.807) is 22.7 Å². The maximum Gasteiger partial charge on any atom is 0.257 e. The fraction of sp³-hybridized carbons (Fsp3) is 0.238. The lowest BCUT2D eigenvalue weighted by atomic mass is 10.0. The van der Waals surface area contributed by atoms with Crippen molar-refractivity contribution >= 4 is 22.7 Å². The molecule has 0 spiro atoms. The van der Waals surface area contributed by atoms with E-state index in [0.29, 0.717) is 11.8 Å². The highest BCUT2D eigenvalue weighted by atomic mass is 32.1. The van der Waals surface area contributed by atoms with E-state index in [2.05, 4.69) is 71.1 Å². The second kappa shape index (κ2) is 8.17. The number of nitrogens with zero attached hydrogens (tertiary/aromatic N) is 2. The number of thiophene rings is 2. The Morgan fingerprint density at radius 1 is 1.00 bits per heavy atom. The van der Waals surface area contributed by atoms with Gasteiger partial charge in [-0.2, -0.15) is 0 Å². The highest BCUT2D eigenvalue weighted by Crippen LogP contribution is 2.30. The fourth-order valence-corrected chi connectivity index (χ4v) is 4.43. The van der Waals surface area contributed by atoms with E-state index in [9.17, 15) is 0 Å². The number of aromatic nitrogens is 2. The van der Waals surface area contributed by atoms with E-state index in [1.807, 2.05) is 17.5 Å². The van der Waals surface area contributed by atoms with Gasteiger partial charge in [-0.3, -0.25) is 5.32 Å². The number of benzene rings is 1. The van der Waals surface area contributed by atoms with Gasteiger partial charge in [-0.1, -0.05) is 43.3 Å². The Morgan fingerprint density at radius 3 is 2.44 bits per heavy atom. The Hall–Kier alpha value is -2.28. The Balaban J connectivity index is 1.57. The van der Waals surface area contributed by atoms with E-state index in [4.69, 9.17) is 4.42 Å². The standard InChI is InChI=1S/C21H21N3OS2/c1-3-15-8-10-16(11-9-15)19(17-6-4-12-26-17)22-14(2)20-23-24-21(25-20)18-7-5-13-27-18/h4-14,19,22H,3H2,1-2H3/t14-,19+/m0/s1. The van der Waals surface area contributed by atoms with Crippen LogP contribution in [0.1, 0.15) is 47.8 Å². The van der Waals surface area contributed by atoms with Crippen molar-refractivity contribution in [3.05, 3.63) is 81.2 Å². The number of hydrogen-bond acceptors (Lipinski definition) is 6. The maximum atomic E-state index is 5.91. The number of rotatable bonds is 7. The van der Waals surface area contributed by atoms with Crippen LogP contribution in [-0.2, 0) is 6.42 Å². The molecule has 0 aliphatic rings. The third-order valence-corrected chi connectivity index (χ3v) is 6.30. The molecule has 4 nitrogen and oxygen atoms in total. The molecule has 27 heavy (non-hydrogen) atoms. The summed E-state index contributed by atoms with van der Waals surface area (Å²) in [6, 6.07) is 17.0. The first-order chi connectivity index (χ1) is 13.2. The molecule has 0 amide bonds. The molecule has 2 atom stereocenters. The monoisotopic (exact) mass is 395 g/mol. The molecular weight excluding hydrogens is 374 g/mol. The molecule has 0 aliphatic carbocycles. The van der Waals surface area contributed by atoms with Gasteiger partial charge in [0.25, 0.3) is 5.89 Å². The van der Waals surface area contributed by atoms with Crippen LogP contribution in [0.2, 0.25) is 0 Å². The van der Waals surface area contributed by atoms with Gasteiger partial charge in [-0.25, -0.2) is 0 Å². The molecular formula is C21H21N3OS2. The van der Waals surface area contributed by atoms with Gasteiger partial charge in [0.05, 0.1) is 17.0 Å². The molecule has 0 aliphatic heterocycles. The second-order valence-corrected chi connectivity index (χ2v) is 8.28. The largest absolute Gasteiger partial charge is 0.418 e. The quantitative estimate of drug-likeness (QED) is 0.426. The summed E-state index contributed by atoms with van der Waals surface area (Å²) in [5, 5.41) is 16.2. The van der Waals surface area contributed by atoms with Crippen molar-refractivity contribution in [1.82, 2.24) is 15.5 Å². The van der Waals surface area contributed by atoms with Crippen LogP contribution in [0, 0.1) is 0 Å². The van der Waals surface area contributed by atoms with Crippen LogP contribution in [0.4, 0.5) is 0 Å². The van der Waals surface area contributed by atoms with Gasteiger partial charge in [-0.15, -0.1) is 32.9 Å². The maximum absolute atomic E-state index is 5.91. The van der Waals surface area contributed by atoms with Crippen LogP contribution in [-0.4, -0.2) is 10.2 Å². The predicted molar refractivity (Wildman–Crippen MR) is 111 cm³/mol. The molecule has 1 aromatic carbocycles. The van der Waals surface area contributed by atoms with Crippen molar-refractivity contribution in [3.63, 3.8) is 0 Å². The van der Waals surface area contributed by atoms with E-state index in [1.165, 1.54) is 16.0 Å². The molecule has 0 saturated carbocycles. The number of nitrogens with one attached hydrogen (secondary N) is 1. The molecule has 4 rings (SSSR count). The van der Waals surface area contributed by atoms with Crippen molar-refractivity contribution in [1.29, 1.82) is 0 Å². The predicted octanol–water partition coefficient (Wildman–Crippen LogP) is 5.86.